The van der Waals surface area contributed by atoms with Crippen molar-refractivity contribution < 1.29 is 0 Å². The van der Waals surface area contributed by atoms with Gasteiger partial charge in [-0.25, -0.2) is 0 Å². The van der Waals surface area contributed by atoms with Gasteiger partial charge in [0.1, 0.15) is 0 Å². The van der Waals surface area contributed by atoms with Gasteiger partial charge in [0.05, 0.1) is 4.34 Å². The minimum absolute atomic E-state index is 0.862. The van der Waals surface area contributed by atoms with E-state index in [1.807, 2.05) is 6.07 Å². The van der Waals surface area contributed by atoms with Gasteiger partial charge in [-0.1, -0.05) is 42.8 Å². The van der Waals surface area contributed by atoms with E-state index in [4.69, 9.17) is 11.6 Å². The first kappa shape index (κ1) is 15.5. The molecule has 4 heteroatoms. The zero-order valence-corrected chi connectivity index (χ0v) is 13.6. The molecule has 0 aliphatic heterocycles. The van der Waals surface area contributed by atoms with Crippen molar-refractivity contribution in [3.8, 4) is 0 Å². The van der Waals surface area contributed by atoms with E-state index in [-0.39, 0.29) is 0 Å². The van der Waals surface area contributed by atoms with Crippen LogP contribution in [0.1, 0.15) is 22.9 Å². The molecular formula is C16H21ClN2S. The molecule has 0 aliphatic rings. The summed E-state index contributed by atoms with van der Waals surface area (Å²) in [6.07, 6.45) is 0. The molecule has 2 rings (SSSR count). The van der Waals surface area contributed by atoms with E-state index in [1.165, 1.54) is 16.0 Å². The fraction of sp³-hybridized carbons (Fsp3) is 0.375. The number of halogens is 1. The van der Waals surface area contributed by atoms with Crippen LogP contribution in [0.15, 0.2) is 36.4 Å². The first-order valence-corrected chi connectivity index (χ1v) is 8.08. The number of thiophene rings is 1. The lowest BCUT2D eigenvalue weighted by molar-refractivity contribution is 0.322. The van der Waals surface area contributed by atoms with E-state index < -0.39 is 0 Å². The Labute approximate surface area is 130 Å². The average molecular weight is 309 g/mol. The molecule has 20 heavy (non-hydrogen) atoms. The van der Waals surface area contributed by atoms with E-state index in [2.05, 4.69) is 54.5 Å². The smallest absolute Gasteiger partial charge is 0.0931 e. The Morgan fingerprint density at radius 2 is 1.75 bits per heavy atom. The van der Waals surface area contributed by atoms with E-state index >= 15 is 0 Å². The molecule has 0 spiro atoms. The van der Waals surface area contributed by atoms with Crippen LogP contribution in [0.3, 0.4) is 0 Å². The van der Waals surface area contributed by atoms with E-state index in [9.17, 15) is 0 Å². The summed E-state index contributed by atoms with van der Waals surface area (Å²) in [4.78, 5) is 3.61. The molecule has 1 N–H and O–H groups in total. The maximum Gasteiger partial charge on any atom is 0.0931 e. The van der Waals surface area contributed by atoms with Crippen molar-refractivity contribution in [2.24, 2.45) is 0 Å². The van der Waals surface area contributed by atoms with Crippen LogP contribution in [-0.2, 0) is 19.6 Å². The second kappa shape index (κ2) is 7.79. The van der Waals surface area contributed by atoms with Crippen LogP contribution in [0.5, 0.6) is 0 Å². The Bertz CT molecular complexity index is 522. The van der Waals surface area contributed by atoms with Gasteiger partial charge in [-0.15, -0.1) is 11.3 Å². The summed E-state index contributed by atoms with van der Waals surface area (Å²) in [7, 11) is 2.14. The third-order valence-corrected chi connectivity index (χ3v) is 4.33. The normalized spacial score (nSPS) is 11.2. The maximum absolute atomic E-state index is 5.96. The van der Waals surface area contributed by atoms with Crippen molar-refractivity contribution >= 4 is 22.9 Å². The summed E-state index contributed by atoms with van der Waals surface area (Å²) in [6.45, 7) is 5.97. The van der Waals surface area contributed by atoms with Gasteiger partial charge in [-0.05, 0) is 36.9 Å². The van der Waals surface area contributed by atoms with Crippen LogP contribution < -0.4 is 5.32 Å². The summed E-state index contributed by atoms with van der Waals surface area (Å²) in [5, 5.41) is 3.34. The summed E-state index contributed by atoms with van der Waals surface area (Å²) in [5.74, 6) is 0. The third-order valence-electron chi connectivity index (χ3n) is 3.11. The van der Waals surface area contributed by atoms with Gasteiger partial charge >= 0.3 is 0 Å². The number of hydrogen-bond acceptors (Lipinski definition) is 3. The van der Waals surface area contributed by atoms with Gasteiger partial charge < -0.3 is 5.32 Å². The van der Waals surface area contributed by atoms with E-state index in [0.717, 1.165) is 30.5 Å². The Morgan fingerprint density at radius 3 is 2.35 bits per heavy atom. The summed E-state index contributed by atoms with van der Waals surface area (Å²) in [5.41, 5.74) is 2.68. The number of nitrogens with zero attached hydrogens (tertiary/aromatic N) is 1. The molecule has 0 saturated heterocycles. The zero-order valence-electron chi connectivity index (χ0n) is 12.0. The van der Waals surface area contributed by atoms with Crippen molar-refractivity contribution in [3.05, 3.63) is 56.7 Å². The van der Waals surface area contributed by atoms with Crippen molar-refractivity contribution in [2.45, 2.75) is 26.6 Å². The summed E-state index contributed by atoms with van der Waals surface area (Å²) < 4.78 is 0.862. The van der Waals surface area contributed by atoms with Crippen LogP contribution >= 0.6 is 22.9 Å². The second-order valence-electron chi connectivity index (χ2n) is 4.97. The largest absolute Gasteiger partial charge is 0.313 e. The van der Waals surface area contributed by atoms with Crippen molar-refractivity contribution in [1.29, 1.82) is 0 Å². The van der Waals surface area contributed by atoms with Gasteiger partial charge in [0.15, 0.2) is 0 Å². The third kappa shape index (κ3) is 4.91. The van der Waals surface area contributed by atoms with Gasteiger partial charge in [-0.3, -0.25) is 4.90 Å². The predicted octanol–water partition coefficient (Wildman–Crippen LogP) is 4.14. The molecule has 0 bridgehead atoms. The minimum Gasteiger partial charge on any atom is -0.313 e. The Hall–Kier alpha value is -0.870. The first-order chi connectivity index (χ1) is 9.67. The molecule has 108 valence electrons. The Balaban J connectivity index is 1.85. The number of hydrogen-bond donors (Lipinski definition) is 1. The molecule has 2 nitrogen and oxygen atoms in total. The fourth-order valence-electron chi connectivity index (χ4n) is 2.10. The standard InChI is InChI=1S/C16H21ClN2S/c1-3-18-10-13-4-6-14(7-5-13)11-19(2)12-15-8-9-16(17)20-15/h4-9,18H,3,10-12H2,1-2H3. The highest BCUT2D eigenvalue weighted by Crippen LogP contribution is 2.22. The van der Waals surface area contributed by atoms with Crippen molar-refractivity contribution in [3.63, 3.8) is 0 Å². The van der Waals surface area contributed by atoms with Gasteiger partial charge in [0, 0.05) is 24.5 Å². The highest BCUT2D eigenvalue weighted by molar-refractivity contribution is 7.16. The summed E-state index contributed by atoms with van der Waals surface area (Å²) in [6, 6.07) is 12.9. The van der Waals surface area contributed by atoms with Gasteiger partial charge in [0.25, 0.3) is 0 Å². The Morgan fingerprint density at radius 1 is 1.05 bits per heavy atom. The molecule has 0 amide bonds. The molecule has 0 fully saturated rings. The highest BCUT2D eigenvalue weighted by Gasteiger charge is 2.04. The minimum atomic E-state index is 0.862. The molecule has 0 unspecified atom stereocenters. The van der Waals surface area contributed by atoms with Crippen LogP contribution in [0.25, 0.3) is 0 Å². The van der Waals surface area contributed by atoms with Crippen molar-refractivity contribution in [1.82, 2.24) is 10.2 Å². The first-order valence-electron chi connectivity index (χ1n) is 6.88. The van der Waals surface area contributed by atoms with Crippen LogP contribution in [0.4, 0.5) is 0 Å². The molecular weight excluding hydrogens is 288 g/mol. The van der Waals surface area contributed by atoms with E-state index in [0.29, 0.717) is 0 Å². The maximum atomic E-state index is 5.96. The monoisotopic (exact) mass is 308 g/mol. The molecule has 1 aromatic heterocycles. The average Bonchev–Trinajstić information content (AvgIpc) is 2.83. The quantitative estimate of drug-likeness (QED) is 0.827. The fourth-order valence-corrected chi connectivity index (χ4v) is 3.27. The molecule has 0 saturated carbocycles. The molecule has 2 aromatic rings. The molecule has 1 heterocycles. The highest BCUT2D eigenvalue weighted by atomic mass is 35.5. The lowest BCUT2D eigenvalue weighted by Gasteiger charge is -2.16. The van der Waals surface area contributed by atoms with Crippen LogP contribution in [-0.4, -0.2) is 18.5 Å². The molecule has 1 aromatic carbocycles. The zero-order chi connectivity index (χ0) is 14.4. The van der Waals surface area contributed by atoms with Crippen molar-refractivity contribution in [2.75, 3.05) is 13.6 Å². The van der Waals surface area contributed by atoms with Crippen LogP contribution in [0.2, 0.25) is 4.34 Å². The SMILES string of the molecule is CCNCc1ccc(CN(C)Cc2ccc(Cl)s2)cc1. The predicted molar refractivity (Wildman–Crippen MR) is 88.3 cm³/mol. The van der Waals surface area contributed by atoms with Gasteiger partial charge in [-0.2, -0.15) is 0 Å². The lowest BCUT2D eigenvalue weighted by atomic mass is 10.1. The van der Waals surface area contributed by atoms with E-state index in [1.54, 1.807) is 11.3 Å². The molecule has 0 aliphatic carbocycles. The number of benzene rings is 1. The molecule has 0 radical (unpaired) electrons. The topological polar surface area (TPSA) is 15.3 Å². The summed E-state index contributed by atoms with van der Waals surface area (Å²) >= 11 is 7.61. The lowest BCUT2D eigenvalue weighted by Crippen LogP contribution is -2.16. The number of nitrogens with one attached hydrogen (secondary N) is 1. The second-order valence-corrected chi connectivity index (χ2v) is 6.77. The number of rotatable bonds is 7. The Kier molecular flexibility index (Phi) is 6.05. The van der Waals surface area contributed by atoms with Crippen LogP contribution in [0, 0.1) is 0 Å². The van der Waals surface area contributed by atoms with Gasteiger partial charge in [0.2, 0.25) is 0 Å². The molecule has 0 atom stereocenters.